The van der Waals surface area contributed by atoms with Crippen molar-refractivity contribution in [2.24, 2.45) is 17.8 Å². The number of Topliss-reactive ketones (excluding diaryl/α,β-unsaturated/α-hetero) is 1. The van der Waals surface area contributed by atoms with Gasteiger partial charge in [-0.15, -0.1) is 0 Å². The number of halogens is 2. The topological polar surface area (TPSA) is 74.8 Å². The lowest BCUT2D eigenvalue weighted by molar-refractivity contribution is -0.156. The number of amides is 3. The molecule has 0 aromatic heterocycles. The van der Waals surface area contributed by atoms with Crippen molar-refractivity contribution in [1.29, 1.82) is 0 Å². The minimum absolute atomic E-state index is 0.110. The van der Waals surface area contributed by atoms with Crippen LogP contribution in [-0.4, -0.2) is 39.6 Å². The predicted molar refractivity (Wildman–Crippen MR) is 125 cm³/mol. The fourth-order valence-corrected chi connectivity index (χ4v) is 4.80. The maximum absolute atomic E-state index is 13.7. The molecule has 0 bridgehead atoms. The van der Waals surface area contributed by atoms with Crippen molar-refractivity contribution in [2.45, 2.75) is 26.3 Å². The molecule has 0 radical (unpaired) electrons. The molecule has 0 N–H and O–H groups in total. The molecule has 0 saturated carbocycles. The van der Waals surface area contributed by atoms with Crippen LogP contribution in [-0.2, 0) is 9.59 Å². The summed E-state index contributed by atoms with van der Waals surface area (Å²) in [4.78, 5) is 53.8. The maximum Gasteiger partial charge on any atom is 0.273 e. The van der Waals surface area contributed by atoms with Crippen LogP contribution in [0, 0.1) is 17.8 Å². The number of hydrogen-bond acceptors (Lipinski definition) is 4. The van der Waals surface area contributed by atoms with E-state index in [4.69, 9.17) is 23.2 Å². The van der Waals surface area contributed by atoms with Gasteiger partial charge in [0.1, 0.15) is 6.04 Å². The first-order valence-electron chi connectivity index (χ1n) is 10.6. The average Bonchev–Trinajstić information content (AvgIpc) is 3.07. The first kappa shape index (κ1) is 23.2. The van der Waals surface area contributed by atoms with Crippen LogP contribution in [0.2, 0.25) is 10.0 Å². The summed E-state index contributed by atoms with van der Waals surface area (Å²) < 4.78 is 0. The van der Waals surface area contributed by atoms with E-state index in [1.165, 1.54) is 25.1 Å². The number of carbonyl (C=O) groups is 4. The van der Waals surface area contributed by atoms with Gasteiger partial charge in [0.25, 0.3) is 17.7 Å². The van der Waals surface area contributed by atoms with Crippen LogP contribution in [0.1, 0.15) is 41.0 Å². The molecule has 33 heavy (non-hydrogen) atoms. The van der Waals surface area contributed by atoms with E-state index in [9.17, 15) is 19.2 Å². The quantitative estimate of drug-likeness (QED) is 0.346. The van der Waals surface area contributed by atoms with E-state index in [1.807, 2.05) is 19.1 Å². The molecular weight excluding hydrogens is 463 g/mol. The second-order valence-corrected chi connectivity index (χ2v) is 9.14. The van der Waals surface area contributed by atoms with Crippen LogP contribution in [0.5, 0.6) is 0 Å². The first-order chi connectivity index (χ1) is 15.7. The molecule has 3 amide bonds. The lowest BCUT2D eigenvalue weighted by atomic mass is 9.78. The molecule has 2 aliphatic rings. The van der Waals surface area contributed by atoms with Gasteiger partial charge in [-0.1, -0.05) is 72.6 Å². The second kappa shape index (κ2) is 9.12. The smallest absolute Gasteiger partial charge is 0.273 e. The summed E-state index contributed by atoms with van der Waals surface area (Å²) in [5.41, 5.74) is 0.474. The number of ketones is 1. The van der Waals surface area contributed by atoms with Gasteiger partial charge in [0.05, 0.1) is 21.9 Å². The van der Waals surface area contributed by atoms with Gasteiger partial charge in [-0.2, -0.15) is 5.01 Å². The molecule has 1 saturated heterocycles. The highest BCUT2D eigenvalue weighted by molar-refractivity contribution is 6.42. The van der Waals surface area contributed by atoms with Crippen molar-refractivity contribution < 1.29 is 19.2 Å². The Morgan fingerprint density at radius 1 is 1.00 bits per heavy atom. The third-order valence-electron chi connectivity index (χ3n) is 6.24. The van der Waals surface area contributed by atoms with E-state index in [0.29, 0.717) is 12.0 Å². The molecule has 1 heterocycles. The fourth-order valence-electron chi connectivity index (χ4n) is 4.50. The zero-order valence-electron chi connectivity index (χ0n) is 18.1. The largest absolute Gasteiger partial charge is 0.292 e. The molecule has 4 rings (SSSR count). The molecule has 170 valence electrons. The Hall–Kier alpha value is -2.96. The number of hydrazine groups is 1. The number of nitrogens with zero attached hydrogens (tertiary/aromatic N) is 2. The van der Waals surface area contributed by atoms with Crippen molar-refractivity contribution in [3.63, 3.8) is 0 Å². The van der Waals surface area contributed by atoms with E-state index in [1.54, 1.807) is 30.3 Å². The third kappa shape index (κ3) is 4.09. The van der Waals surface area contributed by atoms with Gasteiger partial charge in [-0.05, 0) is 37.5 Å². The van der Waals surface area contributed by atoms with Crippen LogP contribution in [0.3, 0.4) is 0 Å². The summed E-state index contributed by atoms with van der Waals surface area (Å²) in [6, 6.07) is 11.6. The minimum atomic E-state index is -1.12. The van der Waals surface area contributed by atoms with Crippen molar-refractivity contribution in [2.75, 3.05) is 0 Å². The Kier molecular flexibility index (Phi) is 6.41. The predicted octanol–water partition coefficient (Wildman–Crippen LogP) is 4.82. The number of rotatable bonds is 5. The van der Waals surface area contributed by atoms with E-state index in [2.05, 4.69) is 0 Å². The van der Waals surface area contributed by atoms with Crippen LogP contribution in [0.4, 0.5) is 0 Å². The molecule has 2 aromatic carbocycles. The minimum Gasteiger partial charge on any atom is -0.292 e. The zero-order valence-corrected chi connectivity index (χ0v) is 19.6. The summed E-state index contributed by atoms with van der Waals surface area (Å²) in [5, 5.41) is 2.25. The van der Waals surface area contributed by atoms with E-state index in [-0.39, 0.29) is 21.5 Å². The third-order valence-corrected chi connectivity index (χ3v) is 6.98. The molecule has 4 atom stereocenters. The number of carbonyl (C=O) groups excluding carboxylic acids is 4. The molecular formula is C25H22Cl2N2O4. The standard InChI is InChI=1S/C25H22Cl2N2O4/c1-14-7-6-10-18-21(14)25(33)29(24(18)32)28(15(2)22(30)16-8-4-3-5-9-16)23(31)17-11-12-19(26)20(27)13-17/h3-9,11-15,18,21H,10H2,1-2H3/t14-,15-,18+,21+/m1/s1. The van der Waals surface area contributed by atoms with E-state index >= 15 is 0 Å². The molecule has 8 heteroatoms. The Morgan fingerprint density at radius 2 is 1.70 bits per heavy atom. The Balaban J connectivity index is 1.78. The van der Waals surface area contributed by atoms with Crippen LogP contribution >= 0.6 is 23.2 Å². The number of fused-ring (bicyclic) bond motifs is 1. The average molecular weight is 485 g/mol. The normalized spacial score (nSPS) is 22.8. The summed E-state index contributed by atoms with van der Waals surface area (Å²) in [7, 11) is 0. The zero-order chi connectivity index (χ0) is 23.9. The SMILES string of the molecule is C[C@@H]1C=CC[C@@H]2C(=O)N(N(C(=O)c3ccc(Cl)c(Cl)c3)[C@H](C)C(=O)c3ccccc3)C(=O)[C@@H]12. The summed E-state index contributed by atoms with van der Waals surface area (Å²) in [6.45, 7) is 3.38. The van der Waals surface area contributed by atoms with Crippen LogP contribution in [0.15, 0.2) is 60.7 Å². The van der Waals surface area contributed by atoms with Gasteiger partial charge >= 0.3 is 0 Å². The fraction of sp³-hybridized carbons (Fsp3) is 0.280. The summed E-state index contributed by atoms with van der Waals surface area (Å²) in [5.74, 6) is -3.36. The number of imide groups is 1. The molecule has 1 aliphatic carbocycles. The Bertz CT molecular complexity index is 1160. The van der Waals surface area contributed by atoms with Gasteiger partial charge < -0.3 is 0 Å². The number of hydrogen-bond donors (Lipinski definition) is 0. The maximum atomic E-state index is 13.7. The second-order valence-electron chi connectivity index (χ2n) is 8.33. The van der Waals surface area contributed by atoms with Crippen LogP contribution < -0.4 is 0 Å². The molecule has 1 fully saturated rings. The molecule has 0 spiro atoms. The number of benzene rings is 2. The van der Waals surface area contributed by atoms with Crippen molar-refractivity contribution >= 4 is 46.7 Å². The molecule has 2 aromatic rings. The molecule has 1 aliphatic heterocycles. The lowest BCUT2D eigenvalue weighted by Crippen LogP contribution is -2.56. The van der Waals surface area contributed by atoms with Gasteiger partial charge in [0.2, 0.25) is 0 Å². The monoisotopic (exact) mass is 484 g/mol. The van der Waals surface area contributed by atoms with Crippen LogP contribution in [0.25, 0.3) is 0 Å². The van der Waals surface area contributed by atoms with Gasteiger partial charge in [-0.25, -0.2) is 5.01 Å². The Morgan fingerprint density at radius 3 is 2.33 bits per heavy atom. The van der Waals surface area contributed by atoms with Crippen molar-refractivity contribution in [1.82, 2.24) is 10.0 Å². The highest BCUT2D eigenvalue weighted by atomic mass is 35.5. The van der Waals surface area contributed by atoms with Crippen molar-refractivity contribution in [3.05, 3.63) is 81.9 Å². The highest BCUT2D eigenvalue weighted by Crippen LogP contribution is 2.40. The summed E-state index contributed by atoms with van der Waals surface area (Å²) in [6.07, 6.45) is 4.19. The van der Waals surface area contributed by atoms with Gasteiger partial charge in [0, 0.05) is 11.1 Å². The Labute approximate surface area is 201 Å². The van der Waals surface area contributed by atoms with E-state index < -0.39 is 41.4 Å². The van der Waals surface area contributed by atoms with Gasteiger partial charge in [0.15, 0.2) is 5.78 Å². The molecule has 0 unspecified atom stereocenters. The first-order valence-corrected chi connectivity index (χ1v) is 11.4. The number of allylic oxidation sites excluding steroid dienone is 2. The van der Waals surface area contributed by atoms with Gasteiger partial charge in [-0.3, -0.25) is 19.2 Å². The van der Waals surface area contributed by atoms with E-state index in [0.717, 1.165) is 10.0 Å². The van der Waals surface area contributed by atoms with Crippen molar-refractivity contribution in [3.8, 4) is 0 Å². The summed E-state index contributed by atoms with van der Waals surface area (Å²) >= 11 is 12.1. The lowest BCUT2D eigenvalue weighted by Gasteiger charge is -2.35. The molecule has 6 nitrogen and oxygen atoms in total. The highest BCUT2D eigenvalue weighted by Gasteiger charge is 2.54.